The molecule has 2 unspecified atom stereocenters. The summed E-state index contributed by atoms with van der Waals surface area (Å²) in [6.07, 6.45) is 2.28. The number of amides is 4. The van der Waals surface area contributed by atoms with Crippen LogP contribution in [-0.2, 0) is 16.1 Å². The number of likely N-dealkylation sites (tertiary alicyclic amines) is 1. The number of rotatable bonds is 4. The van der Waals surface area contributed by atoms with Crippen molar-refractivity contribution in [2.75, 3.05) is 32.8 Å². The third-order valence-corrected chi connectivity index (χ3v) is 7.65. The number of fused-ring (bicyclic) bond motifs is 1. The van der Waals surface area contributed by atoms with E-state index < -0.39 is 23.8 Å². The lowest BCUT2D eigenvalue weighted by Crippen LogP contribution is -2.54. The van der Waals surface area contributed by atoms with Gasteiger partial charge in [0.25, 0.3) is 11.8 Å². The Labute approximate surface area is 186 Å². The standard InChI is InChI=1S/C23H28N4O5/c28-12-15-11-26(13-23(15)6-8-24-9-7-23)10-14-2-1-3-16-19(14)22(32)27(21(16)31)17-4-5-18(29)25-20(17)30/h1-3,15,17,24,28H,4-13H2,(H,25,29,30). The number of imide groups is 2. The number of hydrogen-bond acceptors (Lipinski definition) is 7. The molecular weight excluding hydrogens is 412 g/mol. The first-order chi connectivity index (χ1) is 15.4. The first kappa shape index (κ1) is 21.2. The maximum Gasteiger partial charge on any atom is 0.262 e. The molecule has 0 saturated carbocycles. The Morgan fingerprint density at radius 1 is 1.09 bits per heavy atom. The molecule has 0 aliphatic carbocycles. The highest BCUT2D eigenvalue weighted by Crippen LogP contribution is 2.44. The molecule has 5 rings (SSSR count). The van der Waals surface area contributed by atoms with Crippen molar-refractivity contribution in [3.63, 3.8) is 0 Å². The Morgan fingerprint density at radius 3 is 2.59 bits per heavy atom. The lowest BCUT2D eigenvalue weighted by molar-refractivity contribution is -0.136. The average Bonchev–Trinajstić information content (AvgIpc) is 3.23. The minimum Gasteiger partial charge on any atom is -0.396 e. The normalized spacial score (nSPS) is 27.8. The third-order valence-electron chi connectivity index (χ3n) is 7.65. The number of nitrogens with zero attached hydrogens (tertiary/aromatic N) is 2. The van der Waals surface area contributed by atoms with E-state index in [2.05, 4.69) is 15.5 Å². The zero-order valence-electron chi connectivity index (χ0n) is 17.9. The van der Waals surface area contributed by atoms with E-state index in [1.54, 1.807) is 12.1 Å². The largest absolute Gasteiger partial charge is 0.396 e. The van der Waals surface area contributed by atoms with Crippen LogP contribution in [0, 0.1) is 11.3 Å². The molecule has 1 spiro atoms. The Bertz CT molecular complexity index is 987. The van der Waals surface area contributed by atoms with Gasteiger partial charge in [-0.1, -0.05) is 12.1 Å². The summed E-state index contributed by atoms with van der Waals surface area (Å²) in [5.41, 5.74) is 1.51. The first-order valence-electron chi connectivity index (χ1n) is 11.3. The predicted molar refractivity (Wildman–Crippen MR) is 114 cm³/mol. The van der Waals surface area contributed by atoms with Crippen LogP contribution in [0.4, 0.5) is 0 Å². The summed E-state index contributed by atoms with van der Waals surface area (Å²) in [5.74, 6) is -1.74. The molecule has 2 atom stereocenters. The molecule has 4 heterocycles. The summed E-state index contributed by atoms with van der Waals surface area (Å²) in [6, 6.07) is 4.29. The van der Waals surface area contributed by atoms with Crippen molar-refractivity contribution in [3.8, 4) is 0 Å². The summed E-state index contributed by atoms with van der Waals surface area (Å²) < 4.78 is 0. The monoisotopic (exact) mass is 440 g/mol. The van der Waals surface area contributed by atoms with Gasteiger partial charge in [-0.05, 0) is 49.4 Å². The molecular formula is C23H28N4O5. The van der Waals surface area contributed by atoms with Crippen molar-refractivity contribution in [1.29, 1.82) is 0 Å². The highest BCUT2D eigenvalue weighted by Gasteiger charge is 2.48. The van der Waals surface area contributed by atoms with E-state index in [1.165, 1.54) is 0 Å². The first-order valence-corrected chi connectivity index (χ1v) is 11.3. The summed E-state index contributed by atoms with van der Waals surface area (Å²) >= 11 is 0. The molecule has 9 nitrogen and oxygen atoms in total. The fourth-order valence-corrected chi connectivity index (χ4v) is 5.96. The second-order valence-electron chi connectivity index (χ2n) is 9.45. The minimum absolute atomic E-state index is 0.0799. The fourth-order valence-electron chi connectivity index (χ4n) is 5.96. The molecule has 4 aliphatic heterocycles. The Kier molecular flexibility index (Phi) is 5.35. The molecule has 1 aromatic rings. The minimum atomic E-state index is -0.962. The van der Waals surface area contributed by atoms with Gasteiger partial charge in [0.1, 0.15) is 6.04 Å². The predicted octanol–water partition coefficient (Wildman–Crippen LogP) is -0.118. The van der Waals surface area contributed by atoms with Crippen LogP contribution in [0.15, 0.2) is 18.2 Å². The van der Waals surface area contributed by atoms with E-state index in [-0.39, 0.29) is 36.7 Å². The summed E-state index contributed by atoms with van der Waals surface area (Å²) in [4.78, 5) is 53.5. The highest BCUT2D eigenvalue weighted by molar-refractivity contribution is 6.24. The molecule has 4 amide bonds. The van der Waals surface area contributed by atoms with Gasteiger partial charge < -0.3 is 10.4 Å². The van der Waals surface area contributed by atoms with Crippen LogP contribution in [0.25, 0.3) is 0 Å². The van der Waals surface area contributed by atoms with Crippen LogP contribution < -0.4 is 10.6 Å². The van der Waals surface area contributed by atoms with E-state index in [9.17, 15) is 24.3 Å². The van der Waals surface area contributed by atoms with Crippen molar-refractivity contribution >= 4 is 23.6 Å². The van der Waals surface area contributed by atoms with Crippen molar-refractivity contribution < 1.29 is 24.3 Å². The number of hydrogen-bond donors (Lipinski definition) is 3. The lowest BCUT2D eigenvalue weighted by Gasteiger charge is -2.38. The van der Waals surface area contributed by atoms with Crippen LogP contribution in [0.5, 0.6) is 0 Å². The quantitative estimate of drug-likeness (QED) is 0.559. The van der Waals surface area contributed by atoms with Crippen LogP contribution >= 0.6 is 0 Å². The molecule has 4 aliphatic rings. The van der Waals surface area contributed by atoms with Gasteiger partial charge in [0, 0.05) is 38.6 Å². The van der Waals surface area contributed by atoms with Gasteiger partial charge in [-0.3, -0.25) is 34.3 Å². The van der Waals surface area contributed by atoms with Gasteiger partial charge in [-0.15, -0.1) is 0 Å². The molecule has 0 radical (unpaired) electrons. The van der Waals surface area contributed by atoms with E-state index >= 15 is 0 Å². The number of aliphatic hydroxyl groups is 1. The van der Waals surface area contributed by atoms with Crippen LogP contribution in [0.2, 0.25) is 0 Å². The number of carbonyl (C=O) groups excluding carboxylic acids is 4. The SMILES string of the molecule is O=C1CCC(N2C(=O)c3cccc(CN4CC(CO)C5(CCNCC5)C4)c3C2=O)C(=O)N1. The van der Waals surface area contributed by atoms with Gasteiger partial charge >= 0.3 is 0 Å². The molecule has 170 valence electrons. The fraction of sp³-hybridized carbons (Fsp3) is 0.565. The van der Waals surface area contributed by atoms with Gasteiger partial charge in [0.05, 0.1) is 11.1 Å². The lowest BCUT2D eigenvalue weighted by atomic mass is 9.71. The highest BCUT2D eigenvalue weighted by atomic mass is 16.3. The summed E-state index contributed by atoms with van der Waals surface area (Å²) in [6.45, 7) is 4.14. The van der Waals surface area contributed by atoms with Crippen molar-refractivity contribution in [1.82, 2.24) is 20.4 Å². The molecule has 32 heavy (non-hydrogen) atoms. The molecule has 9 heteroatoms. The van der Waals surface area contributed by atoms with Crippen LogP contribution in [-0.4, -0.2) is 77.4 Å². The molecule has 3 N–H and O–H groups in total. The van der Waals surface area contributed by atoms with Crippen LogP contribution in [0.1, 0.15) is 52.0 Å². The van der Waals surface area contributed by atoms with Gasteiger partial charge in [-0.2, -0.15) is 0 Å². The van der Waals surface area contributed by atoms with Gasteiger partial charge in [0.2, 0.25) is 11.8 Å². The Hall–Kier alpha value is -2.62. The second kappa shape index (κ2) is 8.06. The maximum absolute atomic E-state index is 13.3. The third kappa shape index (κ3) is 3.35. The molecule has 3 fully saturated rings. The second-order valence-corrected chi connectivity index (χ2v) is 9.45. The Morgan fingerprint density at radius 2 is 1.88 bits per heavy atom. The summed E-state index contributed by atoms with van der Waals surface area (Å²) in [7, 11) is 0. The molecule has 0 bridgehead atoms. The number of aliphatic hydroxyl groups excluding tert-OH is 1. The summed E-state index contributed by atoms with van der Waals surface area (Å²) in [5, 5.41) is 15.6. The number of benzene rings is 1. The zero-order chi connectivity index (χ0) is 22.5. The van der Waals surface area contributed by atoms with Gasteiger partial charge in [0.15, 0.2) is 0 Å². The van der Waals surface area contributed by atoms with Gasteiger partial charge in [-0.25, -0.2) is 0 Å². The Balaban J connectivity index is 1.39. The molecule has 3 saturated heterocycles. The molecule has 1 aromatic carbocycles. The van der Waals surface area contributed by atoms with E-state index in [0.717, 1.165) is 49.5 Å². The number of carbonyl (C=O) groups is 4. The number of piperidine rings is 2. The smallest absolute Gasteiger partial charge is 0.262 e. The van der Waals surface area contributed by atoms with E-state index in [0.29, 0.717) is 17.7 Å². The maximum atomic E-state index is 13.3. The van der Waals surface area contributed by atoms with E-state index in [1.807, 2.05) is 6.07 Å². The topological polar surface area (TPSA) is 119 Å². The van der Waals surface area contributed by atoms with Crippen molar-refractivity contribution in [3.05, 3.63) is 34.9 Å². The van der Waals surface area contributed by atoms with Crippen molar-refractivity contribution in [2.24, 2.45) is 11.3 Å². The molecule has 0 aromatic heterocycles. The van der Waals surface area contributed by atoms with Crippen LogP contribution in [0.3, 0.4) is 0 Å². The van der Waals surface area contributed by atoms with Crippen molar-refractivity contribution in [2.45, 2.75) is 38.3 Å². The zero-order valence-corrected chi connectivity index (χ0v) is 17.9. The van der Waals surface area contributed by atoms with E-state index in [4.69, 9.17) is 0 Å². The average molecular weight is 441 g/mol. The number of nitrogens with one attached hydrogen (secondary N) is 2.